The van der Waals surface area contributed by atoms with Crippen LogP contribution < -0.4 is 5.84 Å². The Labute approximate surface area is 117 Å². The van der Waals surface area contributed by atoms with Crippen molar-refractivity contribution >= 4 is 5.97 Å². The van der Waals surface area contributed by atoms with Crippen molar-refractivity contribution in [3.8, 4) is 11.3 Å². The standard InChI is InChI=1S/C14H18N4O2/c1-3-20-14(19)13-9(2)11(8-17(13)15)12-6-7-18(16-12)10-4-5-10/h6-8,10H,3-5,15H2,1-2H3. The first-order valence-corrected chi connectivity index (χ1v) is 6.81. The number of nitrogen functional groups attached to an aromatic ring is 1. The minimum absolute atomic E-state index is 0.328. The van der Waals surface area contributed by atoms with Crippen molar-refractivity contribution in [1.82, 2.24) is 14.5 Å². The van der Waals surface area contributed by atoms with Gasteiger partial charge in [0.2, 0.25) is 0 Å². The van der Waals surface area contributed by atoms with Crippen molar-refractivity contribution in [3.05, 3.63) is 29.7 Å². The summed E-state index contributed by atoms with van der Waals surface area (Å²) in [5.41, 5.74) is 2.88. The second-order valence-electron chi connectivity index (χ2n) is 5.06. The Kier molecular flexibility index (Phi) is 3.00. The predicted molar refractivity (Wildman–Crippen MR) is 74.8 cm³/mol. The Morgan fingerprint density at radius 1 is 1.55 bits per heavy atom. The minimum Gasteiger partial charge on any atom is -0.461 e. The highest BCUT2D eigenvalue weighted by Crippen LogP contribution is 2.35. The van der Waals surface area contributed by atoms with Crippen LogP contribution in [0.3, 0.4) is 0 Å². The molecule has 0 atom stereocenters. The van der Waals surface area contributed by atoms with Crippen LogP contribution in [-0.4, -0.2) is 27.0 Å². The molecule has 1 aliphatic rings. The summed E-state index contributed by atoms with van der Waals surface area (Å²) in [5.74, 6) is 5.47. The van der Waals surface area contributed by atoms with Crippen molar-refractivity contribution in [2.24, 2.45) is 0 Å². The molecule has 0 aromatic carbocycles. The number of hydrogen-bond donors (Lipinski definition) is 1. The van der Waals surface area contributed by atoms with Crippen LogP contribution in [0.25, 0.3) is 11.3 Å². The van der Waals surface area contributed by atoms with Crippen molar-refractivity contribution in [2.45, 2.75) is 32.7 Å². The highest BCUT2D eigenvalue weighted by Gasteiger charge is 2.26. The first-order chi connectivity index (χ1) is 9.61. The summed E-state index contributed by atoms with van der Waals surface area (Å²) in [7, 11) is 0. The lowest BCUT2D eigenvalue weighted by molar-refractivity contribution is 0.0515. The molecule has 0 amide bonds. The third-order valence-corrected chi connectivity index (χ3v) is 3.56. The molecule has 1 fully saturated rings. The van der Waals surface area contributed by atoms with Gasteiger partial charge in [0.05, 0.1) is 18.3 Å². The largest absolute Gasteiger partial charge is 0.461 e. The van der Waals surface area contributed by atoms with Crippen LogP contribution in [0.1, 0.15) is 41.9 Å². The van der Waals surface area contributed by atoms with E-state index in [1.165, 1.54) is 17.5 Å². The number of carbonyl (C=O) groups excluding carboxylic acids is 1. The van der Waals surface area contributed by atoms with Gasteiger partial charge >= 0.3 is 5.97 Å². The molecule has 6 nitrogen and oxygen atoms in total. The van der Waals surface area contributed by atoms with Gasteiger partial charge in [-0.15, -0.1) is 0 Å². The molecule has 2 aromatic rings. The van der Waals surface area contributed by atoms with Crippen molar-refractivity contribution in [3.63, 3.8) is 0 Å². The molecule has 20 heavy (non-hydrogen) atoms. The summed E-state index contributed by atoms with van der Waals surface area (Å²) >= 11 is 0. The molecule has 3 rings (SSSR count). The maximum absolute atomic E-state index is 11.9. The van der Waals surface area contributed by atoms with E-state index in [4.69, 9.17) is 10.6 Å². The summed E-state index contributed by atoms with van der Waals surface area (Å²) in [6.07, 6.45) is 6.07. The zero-order valence-corrected chi connectivity index (χ0v) is 11.7. The molecule has 2 heterocycles. The number of carbonyl (C=O) groups is 1. The fraction of sp³-hybridized carbons (Fsp3) is 0.429. The van der Waals surface area contributed by atoms with E-state index in [1.54, 1.807) is 13.1 Å². The molecule has 1 saturated carbocycles. The van der Waals surface area contributed by atoms with E-state index < -0.39 is 5.97 Å². The highest BCUT2D eigenvalue weighted by atomic mass is 16.5. The van der Waals surface area contributed by atoms with Gasteiger partial charge < -0.3 is 10.6 Å². The molecule has 106 valence electrons. The molecule has 0 unspecified atom stereocenters. The fourth-order valence-corrected chi connectivity index (χ4v) is 2.36. The van der Waals surface area contributed by atoms with Gasteiger partial charge in [-0.3, -0.25) is 9.36 Å². The van der Waals surface area contributed by atoms with Crippen molar-refractivity contribution in [1.29, 1.82) is 0 Å². The highest BCUT2D eigenvalue weighted by molar-refractivity contribution is 5.92. The Balaban J connectivity index is 1.97. The molecule has 0 radical (unpaired) electrons. The first kappa shape index (κ1) is 12.8. The molecule has 2 aromatic heterocycles. The van der Waals surface area contributed by atoms with Crippen LogP contribution in [0, 0.1) is 6.92 Å². The first-order valence-electron chi connectivity index (χ1n) is 6.81. The number of ether oxygens (including phenoxy) is 1. The lowest BCUT2D eigenvalue weighted by Crippen LogP contribution is -2.18. The summed E-state index contributed by atoms with van der Waals surface area (Å²) in [4.78, 5) is 11.9. The average molecular weight is 274 g/mol. The van der Waals surface area contributed by atoms with Gasteiger partial charge in [0, 0.05) is 18.0 Å². The number of hydrogen-bond acceptors (Lipinski definition) is 4. The van der Waals surface area contributed by atoms with E-state index in [1.807, 2.05) is 23.9 Å². The van der Waals surface area contributed by atoms with Crippen molar-refractivity contribution < 1.29 is 9.53 Å². The minimum atomic E-state index is -0.402. The van der Waals surface area contributed by atoms with Gasteiger partial charge in [-0.1, -0.05) is 0 Å². The smallest absolute Gasteiger partial charge is 0.357 e. The summed E-state index contributed by atoms with van der Waals surface area (Å²) in [5, 5.41) is 4.56. The summed E-state index contributed by atoms with van der Waals surface area (Å²) in [6.45, 7) is 3.96. The van der Waals surface area contributed by atoms with E-state index in [2.05, 4.69) is 5.10 Å². The molecular weight excluding hydrogens is 256 g/mol. The monoisotopic (exact) mass is 274 g/mol. The maximum Gasteiger partial charge on any atom is 0.357 e. The van der Waals surface area contributed by atoms with Gasteiger partial charge in [-0.25, -0.2) is 4.79 Å². The maximum atomic E-state index is 11.9. The fourth-order valence-electron chi connectivity index (χ4n) is 2.36. The third kappa shape index (κ3) is 2.07. The Morgan fingerprint density at radius 2 is 2.30 bits per heavy atom. The molecule has 2 N–H and O–H groups in total. The van der Waals surface area contributed by atoms with Crippen LogP contribution in [0.4, 0.5) is 0 Å². The van der Waals surface area contributed by atoms with Gasteiger partial charge in [0.15, 0.2) is 5.69 Å². The lowest BCUT2D eigenvalue weighted by atomic mass is 10.1. The molecule has 1 aliphatic carbocycles. The van der Waals surface area contributed by atoms with Gasteiger partial charge in [0.25, 0.3) is 0 Å². The molecule has 0 bridgehead atoms. The number of aromatic nitrogens is 3. The van der Waals surface area contributed by atoms with E-state index in [0.29, 0.717) is 18.3 Å². The molecular formula is C14H18N4O2. The normalized spacial score (nSPS) is 14.5. The summed E-state index contributed by atoms with van der Waals surface area (Å²) in [6, 6.07) is 2.49. The Morgan fingerprint density at radius 3 is 2.95 bits per heavy atom. The molecule has 0 aliphatic heterocycles. The topological polar surface area (TPSA) is 75.1 Å². The number of esters is 1. The van der Waals surface area contributed by atoms with Crippen LogP contribution in [0.5, 0.6) is 0 Å². The second kappa shape index (κ2) is 4.70. The van der Waals surface area contributed by atoms with Crippen LogP contribution in [-0.2, 0) is 4.74 Å². The van der Waals surface area contributed by atoms with Gasteiger partial charge in [-0.2, -0.15) is 5.10 Å². The second-order valence-corrected chi connectivity index (χ2v) is 5.06. The summed E-state index contributed by atoms with van der Waals surface area (Å²) < 4.78 is 8.32. The number of rotatable bonds is 4. The van der Waals surface area contributed by atoms with E-state index in [-0.39, 0.29) is 0 Å². The predicted octanol–water partition coefficient (Wildman–Crippen LogP) is 1.89. The molecule has 6 heteroatoms. The lowest BCUT2D eigenvalue weighted by Gasteiger charge is -2.03. The zero-order chi connectivity index (χ0) is 14.3. The third-order valence-electron chi connectivity index (χ3n) is 3.56. The van der Waals surface area contributed by atoms with Gasteiger partial charge in [0.1, 0.15) is 0 Å². The van der Waals surface area contributed by atoms with E-state index in [9.17, 15) is 4.79 Å². The number of nitrogens with two attached hydrogens (primary N) is 1. The Bertz CT molecular complexity index is 652. The van der Waals surface area contributed by atoms with E-state index in [0.717, 1.165) is 16.8 Å². The van der Waals surface area contributed by atoms with E-state index >= 15 is 0 Å². The van der Waals surface area contributed by atoms with Gasteiger partial charge in [-0.05, 0) is 38.3 Å². The van der Waals surface area contributed by atoms with Crippen LogP contribution in [0.15, 0.2) is 18.5 Å². The number of nitrogens with zero attached hydrogens (tertiary/aromatic N) is 3. The van der Waals surface area contributed by atoms with Crippen molar-refractivity contribution in [2.75, 3.05) is 12.4 Å². The quantitative estimate of drug-likeness (QED) is 0.682. The van der Waals surface area contributed by atoms with Crippen LogP contribution in [0.2, 0.25) is 0 Å². The molecule has 0 saturated heterocycles. The SMILES string of the molecule is CCOC(=O)c1c(C)c(-c2ccn(C3CC3)n2)cn1N. The molecule has 0 spiro atoms. The average Bonchev–Trinajstić information content (AvgIpc) is 3.06. The Hall–Kier alpha value is -2.24. The zero-order valence-electron chi connectivity index (χ0n) is 11.7. The van der Waals surface area contributed by atoms with Crippen LogP contribution >= 0.6 is 0 Å².